The molecule has 1 aromatic heterocycles. The molecule has 168 valence electrons. The molecular formula is C25H29N3O3S. The van der Waals surface area contributed by atoms with Gasteiger partial charge in [-0.1, -0.05) is 17.7 Å². The van der Waals surface area contributed by atoms with E-state index in [2.05, 4.69) is 15.2 Å². The molecule has 0 bridgehead atoms. The second-order valence-electron chi connectivity index (χ2n) is 8.21. The number of hydrogen-bond acceptors (Lipinski definition) is 5. The smallest absolute Gasteiger partial charge is 0.251 e. The van der Waals surface area contributed by atoms with E-state index in [-0.39, 0.29) is 5.91 Å². The number of nitrogens with one attached hydrogen (secondary N) is 1. The van der Waals surface area contributed by atoms with Gasteiger partial charge in [-0.05, 0) is 76.2 Å². The lowest BCUT2D eigenvalue weighted by atomic mass is 10.1. The van der Waals surface area contributed by atoms with Gasteiger partial charge in [-0.3, -0.25) is 9.00 Å². The van der Waals surface area contributed by atoms with Gasteiger partial charge in [-0.2, -0.15) is 0 Å². The Kier molecular flexibility index (Phi) is 7.17. The van der Waals surface area contributed by atoms with E-state index in [9.17, 15) is 9.00 Å². The summed E-state index contributed by atoms with van der Waals surface area (Å²) >= 11 is 0. The minimum Gasteiger partial charge on any atom is -0.441 e. The lowest BCUT2D eigenvalue weighted by Crippen LogP contribution is -2.33. The van der Waals surface area contributed by atoms with Crippen LogP contribution in [0.1, 0.15) is 40.2 Å². The molecule has 2 heterocycles. The maximum atomic E-state index is 12.7. The predicted molar refractivity (Wildman–Crippen MR) is 126 cm³/mol. The Morgan fingerprint density at radius 3 is 2.44 bits per heavy atom. The van der Waals surface area contributed by atoms with Gasteiger partial charge in [0.25, 0.3) is 5.91 Å². The quantitative estimate of drug-likeness (QED) is 0.558. The number of rotatable bonds is 8. The standard InChI is InChI=1S/C25H29N3O3S/c1-18-5-11-22(12-6-18)32(30)17-23-19(2)31-25(27-23)21-9-7-20(8-10-21)24(29)26-13-16-28-14-3-4-15-28/h5-12H,3-4,13-17H2,1-2H3,(H,26,29)/t32-/m1/s1. The number of carbonyl (C=O) groups excluding carboxylic acids is 1. The summed E-state index contributed by atoms with van der Waals surface area (Å²) in [7, 11) is -1.19. The molecule has 1 fully saturated rings. The van der Waals surface area contributed by atoms with Crippen LogP contribution in [0.2, 0.25) is 0 Å². The average Bonchev–Trinajstić information content (AvgIpc) is 3.44. The number of hydrogen-bond donors (Lipinski definition) is 1. The van der Waals surface area contributed by atoms with Crippen LogP contribution in [0.5, 0.6) is 0 Å². The zero-order valence-electron chi connectivity index (χ0n) is 18.6. The summed E-state index contributed by atoms with van der Waals surface area (Å²) in [6.07, 6.45) is 2.50. The molecule has 4 rings (SSSR count). The first-order valence-electron chi connectivity index (χ1n) is 11.0. The van der Waals surface area contributed by atoms with Crippen LogP contribution in [0, 0.1) is 13.8 Å². The highest BCUT2D eigenvalue weighted by atomic mass is 32.2. The van der Waals surface area contributed by atoms with E-state index in [1.807, 2.05) is 50.2 Å². The third kappa shape index (κ3) is 5.53. The monoisotopic (exact) mass is 451 g/mol. The normalized spacial score (nSPS) is 15.1. The van der Waals surface area contributed by atoms with Crippen LogP contribution in [0.4, 0.5) is 0 Å². The number of carbonyl (C=O) groups is 1. The number of benzene rings is 2. The van der Waals surface area contributed by atoms with Gasteiger partial charge in [0.2, 0.25) is 5.89 Å². The van der Waals surface area contributed by atoms with Crippen LogP contribution in [-0.2, 0) is 16.6 Å². The van der Waals surface area contributed by atoms with E-state index >= 15 is 0 Å². The maximum Gasteiger partial charge on any atom is 0.251 e. The SMILES string of the molecule is Cc1ccc([S@](=O)Cc2nc(-c3ccc(C(=O)NCCN4CCCC4)cc3)oc2C)cc1. The van der Waals surface area contributed by atoms with Gasteiger partial charge in [0.1, 0.15) is 5.76 Å². The van der Waals surface area contributed by atoms with Crippen molar-refractivity contribution < 1.29 is 13.4 Å². The van der Waals surface area contributed by atoms with Crippen molar-refractivity contribution in [1.82, 2.24) is 15.2 Å². The summed E-state index contributed by atoms with van der Waals surface area (Å²) in [5.41, 5.74) is 3.21. The molecular weight excluding hydrogens is 422 g/mol. The lowest BCUT2D eigenvalue weighted by molar-refractivity contribution is 0.0949. The summed E-state index contributed by atoms with van der Waals surface area (Å²) in [5.74, 6) is 1.35. The van der Waals surface area contributed by atoms with E-state index in [1.165, 1.54) is 12.8 Å². The fourth-order valence-electron chi connectivity index (χ4n) is 3.78. The largest absolute Gasteiger partial charge is 0.441 e. The van der Waals surface area contributed by atoms with Crippen LogP contribution in [0.3, 0.4) is 0 Å². The highest BCUT2D eigenvalue weighted by molar-refractivity contribution is 7.84. The first kappa shape index (κ1) is 22.4. The van der Waals surface area contributed by atoms with Crippen LogP contribution in [-0.4, -0.2) is 46.2 Å². The van der Waals surface area contributed by atoms with Crippen molar-refractivity contribution in [3.8, 4) is 11.5 Å². The van der Waals surface area contributed by atoms with Crippen molar-refractivity contribution in [3.05, 3.63) is 71.1 Å². The van der Waals surface area contributed by atoms with E-state index in [4.69, 9.17) is 4.42 Å². The summed E-state index contributed by atoms with van der Waals surface area (Å²) in [5, 5.41) is 2.99. The molecule has 0 saturated carbocycles. The Labute approximate surface area is 191 Å². The molecule has 1 amide bonds. The molecule has 1 N–H and O–H groups in total. The fraction of sp³-hybridized carbons (Fsp3) is 0.360. The highest BCUT2D eigenvalue weighted by Crippen LogP contribution is 2.24. The molecule has 1 aliphatic rings. The Hall–Kier alpha value is -2.77. The van der Waals surface area contributed by atoms with Crippen LogP contribution in [0.15, 0.2) is 57.8 Å². The minimum absolute atomic E-state index is 0.0754. The molecule has 6 nitrogen and oxygen atoms in total. The summed E-state index contributed by atoms with van der Waals surface area (Å²) in [6.45, 7) is 7.64. The van der Waals surface area contributed by atoms with E-state index < -0.39 is 10.8 Å². The van der Waals surface area contributed by atoms with Crippen molar-refractivity contribution in [2.45, 2.75) is 37.3 Å². The fourth-order valence-corrected chi connectivity index (χ4v) is 4.91. The Bertz CT molecular complexity index is 1080. The van der Waals surface area contributed by atoms with E-state index in [0.717, 1.165) is 35.7 Å². The molecule has 3 aromatic rings. The Morgan fingerprint density at radius 1 is 1.06 bits per heavy atom. The van der Waals surface area contributed by atoms with Crippen LogP contribution in [0.25, 0.3) is 11.5 Å². The van der Waals surface area contributed by atoms with Crippen molar-refractivity contribution in [2.24, 2.45) is 0 Å². The molecule has 0 spiro atoms. The second-order valence-corrected chi connectivity index (χ2v) is 9.66. The van der Waals surface area contributed by atoms with Gasteiger partial charge in [0.05, 0.1) is 22.2 Å². The zero-order valence-corrected chi connectivity index (χ0v) is 19.4. The maximum absolute atomic E-state index is 12.7. The molecule has 0 unspecified atom stereocenters. The molecule has 0 aliphatic carbocycles. The van der Waals surface area contributed by atoms with Gasteiger partial charge in [0, 0.05) is 29.1 Å². The second kappa shape index (κ2) is 10.2. The molecule has 7 heteroatoms. The van der Waals surface area contributed by atoms with Gasteiger partial charge < -0.3 is 14.6 Å². The zero-order chi connectivity index (χ0) is 22.5. The highest BCUT2D eigenvalue weighted by Gasteiger charge is 2.16. The summed E-state index contributed by atoms with van der Waals surface area (Å²) in [6, 6.07) is 14.9. The van der Waals surface area contributed by atoms with Gasteiger partial charge >= 0.3 is 0 Å². The summed E-state index contributed by atoms with van der Waals surface area (Å²) < 4.78 is 18.5. The van der Waals surface area contributed by atoms with E-state index in [1.54, 1.807) is 12.1 Å². The van der Waals surface area contributed by atoms with Gasteiger partial charge in [0.15, 0.2) is 0 Å². The van der Waals surface area contributed by atoms with Crippen molar-refractivity contribution in [1.29, 1.82) is 0 Å². The Morgan fingerprint density at radius 2 is 1.75 bits per heavy atom. The number of likely N-dealkylation sites (tertiary alicyclic amines) is 1. The first-order valence-corrected chi connectivity index (χ1v) is 12.3. The molecule has 1 saturated heterocycles. The van der Waals surface area contributed by atoms with Crippen LogP contribution >= 0.6 is 0 Å². The number of amides is 1. The average molecular weight is 452 g/mol. The van der Waals surface area contributed by atoms with Crippen LogP contribution < -0.4 is 5.32 Å². The topological polar surface area (TPSA) is 75.4 Å². The third-order valence-corrected chi connectivity index (χ3v) is 7.08. The number of aryl methyl sites for hydroxylation is 2. The van der Waals surface area contributed by atoms with Gasteiger partial charge in [-0.15, -0.1) is 0 Å². The van der Waals surface area contributed by atoms with Crippen molar-refractivity contribution in [3.63, 3.8) is 0 Å². The first-order chi connectivity index (χ1) is 15.5. The van der Waals surface area contributed by atoms with Crippen molar-refractivity contribution >= 4 is 16.7 Å². The molecule has 1 atom stereocenters. The lowest BCUT2D eigenvalue weighted by Gasteiger charge is -2.14. The number of nitrogens with zero attached hydrogens (tertiary/aromatic N) is 2. The molecule has 1 aliphatic heterocycles. The summed E-state index contributed by atoms with van der Waals surface area (Å²) in [4.78, 5) is 20.1. The van der Waals surface area contributed by atoms with E-state index in [0.29, 0.717) is 35.2 Å². The number of aromatic nitrogens is 1. The van der Waals surface area contributed by atoms with Crippen molar-refractivity contribution in [2.75, 3.05) is 26.2 Å². The molecule has 32 heavy (non-hydrogen) atoms. The minimum atomic E-state index is -1.19. The third-order valence-electron chi connectivity index (χ3n) is 5.75. The molecule has 0 radical (unpaired) electrons. The Balaban J connectivity index is 1.37. The predicted octanol–water partition coefficient (Wildman–Crippen LogP) is 4.09. The molecule has 2 aromatic carbocycles. The van der Waals surface area contributed by atoms with Gasteiger partial charge in [-0.25, -0.2) is 4.98 Å². The number of oxazole rings is 1.